The summed E-state index contributed by atoms with van der Waals surface area (Å²) in [5.41, 5.74) is 4.01. The number of allylic oxidation sites excluding steroid dienone is 1. The van der Waals surface area contributed by atoms with Gasteiger partial charge < -0.3 is 10.1 Å². The van der Waals surface area contributed by atoms with E-state index in [0.717, 1.165) is 32.6 Å². The van der Waals surface area contributed by atoms with Gasteiger partial charge in [0.15, 0.2) is 11.0 Å². The number of para-hydroxylation sites is 1. The molecule has 6 nitrogen and oxygen atoms in total. The van der Waals surface area contributed by atoms with E-state index in [0.29, 0.717) is 17.5 Å². The lowest BCUT2D eigenvalue weighted by atomic mass is 10.1. The van der Waals surface area contributed by atoms with Crippen LogP contribution in [-0.2, 0) is 17.9 Å². The van der Waals surface area contributed by atoms with Crippen molar-refractivity contribution in [3.63, 3.8) is 0 Å². The molecule has 0 unspecified atom stereocenters. The summed E-state index contributed by atoms with van der Waals surface area (Å²) in [5.74, 6) is 1.62. The molecular weight excluding hydrogens is 476 g/mol. The van der Waals surface area contributed by atoms with Crippen molar-refractivity contribution in [2.24, 2.45) is 0 Å². The van der Waals surface area contributed by atoms with Crippen molar-refractivity contribution >= 4 is 39.3 Å². The number of benzene rings is 2. The summed E-state index contributed by atoms with van der Waals surface area (Å²) in [6.45, 7) is 10.6. The highest BCUT2D eigenvalue weighted by atomic mass is 79.9. The highest BCUT2D eigenvalue weighted by Gasteiger charge is 2.15. The summed E-state index contributed by atoms with van der Waals surface area (Å²) in [6.07, 6.45) is 1.78. The SMILES string of the molecule is C=CCn1c(COc2ccccc2C)nnc1SCC(=O)Nc1ccc(Br)c(C)c1C. The quantitative estimate of drug-likeness (QED) is 0.312. The highest BCUT2D eigenvalue weighted by Crippen LogP contribution is 2.26. The molecule has 1 heterocycles. The Morgan fingerprint density at radius 2 is 1.97 bits per heavy atom. The summed E-state index contributed by atoms with van der Waals surface area (Å²) in [6, 6.07) is 11.7. The Kier molecular flexibility index (Phi) is 7.92. The van der Waals surface area contributed by atoms with Gasteiger partial charge in [-0.15, -0.1) is 16.8 Å². The minimum atomic E-state index is -0.0966. The number of hydrogen-bond donors (Lipinski definition) is 1. The molecule has 8 heteroatoms. The number of carbonyl (C=O) groups is 1. The molecule has 1 N–H and O–H groups in total. The van der Waals surface area contributed by atoms with Crippen molar-refractivity contribution < 1.29 is 9.53 Å². The second kappa shape index (κ2) is 10.6. The Balaban J connectivity index is 1.65. The summed E-state index contributed by atoms with van der Waals surface area (Å²) in [5, 5.41) is 12.1. The fraction of sp³-hybridized carbons (Fsp3) is 0.261. The number of aromatic nitrogens is 3. The van der Waals surface area contributed by atoms with Crippen LogP contribution in [0.15, 0.2) is 58.7 Å². The molecule has 0 radical (unpaired) electrons. The van der Waals surface area contributed by atoms with E-state index in [1.54, 1.807) is 6.08 Å². The number of aryl methyl sites for hydroxylation is 1. The van der Waals surface area contributed by atoms with Gasteiger partial charge in [0.05, 0.1) is 5.75 Å². The van der Waals surface area contributed by atoms with Gasteiger partial charge in [0.2, 0.25) is 5.91 Å². The van der Waals surface area contributed by atoms with E-state index < -0.39 is 0 Å². The van der Waals surface area contributed by atoms with Crippen molar-refractivity contribution in [2.75, 3.05) is 11.1 Å². The van der Waals surface area contributed by atoms with Crippen molar-refractivity contribution in [3.8, 4) is 5.75 Å². The Hall–Kier alpha value is -2.58. The second-order valence-electron chi connectivity index (χ2n) is 7.03. The summed E-state index contributed by atoms with van der Waals surface area (Å²) in [7, 11) is 0. The molecule has 0 aliphatic carbocycles. The van der Waals surface area contributed by atoms with Crippen LogP contribution in [0.25, 0.3) is 0 Å². The zero-order valence-corrected chi connectivity index (χ0v) is 20.2. The molecule has 1 aromatic heterocycles. The number of carbonyl (C=O) groups excluding carboxylic acids is 1. The van der Waals surface area contributed by atoms with Gasteiger partial charge in [0.25, 0.3) is 0 Å². The Bertz CT molecular complexity index is 1100. The minimum absolute atomic E-state index is 0.0966. The van der Waals surface area contributed by atoms with Crippen molar-refractivity contribution in [2.45, 2.75) is 39.1 Å². The van der Waals surface area contributed by atoms with Gasteiger partial charge >= 0.3 is 0 Å². The molecule has 1 amide bonds. The molecule has 31 heavy (non-hydrogen) atoms. The highest BCUT2D eigenvalue weighted by molar-refractivity contribution is 9.10. The molecule has 3 aromatic rings. The fourth-order valence-corrected chi connectivity index (χ4v) is 4.14. The van der Waals surface area contributed by atoms with E-state index in [2.05, 4.69) is 38.0 Å². The maximum atomic E-state index is 12.5. The first-order valence-corrected chi connectivity index (χ1v) is 11.6. The van der Waals surface area contributed by atoms with Crippen LogP contribution in [0.3, 0.4) is 0 Å². The third-order valence-electron chi connectivity index (χ3n) is 4.88. The maximum absolute atomic E-state index is 12.5. The van der Waals surface area contributed by atoms with Crippen LogP contribution in [0, 0.1) is 20.8 Å². The first-order valence-electron chi connectivity index (χ1n) is 9.80. The van der Waals surface area contributed by atoms with Crippen LogP contribution < -0.4 is 10.1 Å². The average molecular weight is 501 g/mol. The number of amides is 1. The fourth-order valence-electron chi connectivity index (χ4n) is 2.95. The minimum Gasteiger partial charge on any atom is -0.485 e. The largest absolute Gasteiger partial charge is 0.485 e. The second-order valence-corrected chi connectivity index (χ2v) is 8.83. The molecule has 0 saturated heterocycles. The molecule has 2 aromatic carbocycles. The van der Waals surface area contributed by atoms with Gasteiger partial charge in [-0.3, -0.25) is 9.36 Å². The standard InChI is InChI=1S/C23H25BrN4O2S/c1-5-12-28-21(13-30-20-9-7-6-8-15(20)2)26-27-23(28)31-14-22(29)25-19-11-10-18(24)16(3)17(19)4/h5-11H,1,12-14H2,2-4H3,(H,25,29). The van der Waals surface area contributed by atoms with Crippen LogP contribution in [0.5, 0.6) is 5.75 Å². The third-order valence-corrected chi connectivity index (χ3v) is 6.71. The van der Waals surface area contributed by atoms with Crippen molar-refractivity contribution in [1.29, 1.82) is 0 Å². The number of rotatable bonds is 9. The zero-order chi connectivity index (χ0) is 22.4. The Labute approximate surface area is 195 Å². The van der Waals surface area contributed by atoms with Crippen LogP contribution in [0.2, 0.25) is 0 Å². The lowest BCUT2D eigenvalue weighted by molar-refractivity contribution is -0.113. The van der Waals surface area contributed by atoms with Crippen LogP contribution in [0.4, 0.5) is 5.69 Å². The van der Waals surface area contributed by atoms with Crippen molar-refractivity contribution in [3.05, 3.63) is 76.0 Å². The number of anilines is 1. The van der Waals surface area contributed by atoms with E-state index in [1.807, 2.05) is 61.7 Å². The average Bonchev–Trinajstić information content (AvgIpc) is 3.14. The molecule has 3 rings (SSSR count). The lowest BCUT2D eigenvalue weighted by Crippen LogP contribution is -2.16. The molecular formula is C23H25BrN4O2S. The number of thioether (sulfide) groups is 1. The molecule has 162 valence electrons. The van der Waals surface area contributed by atoms with E-state index >= 15 is 0 Å². The predicted molar refractivity (Wildman–Crippen MR) is 129 cm³/mol. The van der Waals surface area contributed by atoms with E-state index in [4.69, 9.17) is 4.74 Å². The molecule has 0 aliphatic heterocycles. The number of halogens is 1. The van der Waals surface area contributed by atoms with Crippen molar-refractivity contribution in [1.82, 2.24) is 14.8 Å². The van der Waals surface area contributed by atoms with Gasteiger partial charge in [-0.25, -0.2) is 0 Å². The maximum Gasteiger partial charge on any atom is 0.234 e. The summed E-state index contributed by atoms with van der Waals surface area (Å²) < 4.78 is 8.85. The van der Waals surface area contributed by atoms with Gasteiger partial charge in [-0.1, -0.05) is 52.0 Å². The first-order chi connectivity index (χ1) is 14.9. The molecule has 0 atom stereocenters. The van der Waals surface area contributed by atoms with E-state index in [1.165, 1.54) is 11.8 Å². The van der Waals surface area contributed by atoms with Gasteiger partial charge in [0.1, 0.15) is 12.4 Å². The number of ether oxygens (including phenoxy) is 1. The molecule has 0 bridgehead atoms. The molecule has 0 fully saturated rings. The zero-order valence-electron chi connectivity index (χ0n) is 17.8. The smallest absolute Gasteiger partial charge is 0.234 e. The van der Waals surface area contributed by atoms with Gasteiger partial charge in [0, 0.05) is 16.7 Å². The Morgan fingerprint density at radius 3 is 2.71 bits per heavy atom. The molecule has 0 saturated carbocycles. The molecule has 0 spiro atoms. The number of nitrogens with zero attached hydrogens (tertiary/aromatic N) is 3. The molecule has 0 aliphatic rings. The topological polar surface area (TPSA) is 69.0 Å². The van der Waals surface area contributed by atoms with Gasteiger partial charge in [-0.2, -0.15) is 0 Å². The van der Waals surface area contributed by atoms with Crippen LogP contribution >= 0.6 is 27.7 Å². The van der Waals surface area contributed by atoms with Gasteiger partial charge in [-0.05, 0) is 55.7 Å². The number of hydrogen-bond acceptors (Lipinski definition) is 5. The van der Waals surface area contributed by atoms with Crippen LogP contribution in [0.1, 0.15) is 22.5 Å². The predicted octanol–water partition coefficient (Wildman–Crippen LogP) is 5.46. The monoisotopic (exact) mass is 500 g/mol. The Morgan fingerprint density at radius 1 is 1.19 bits per heavy atom. The first kappa shape index (κ1) is 23.1. The summed E-state index contributed by atoms with van der Waals surface area (Å²) >= 11 is 4.85. The number of nitrogens with one attached hydrogen (secondary N) is 1. The third kappa shape index (κ3) is 5.77. The summed E-state index contributed by atoms with van der Waals surface area (Å²) in [4.78, 5) is 12.5. The van der Waals surface area contributed by atoms with E-state index in [9.17, 15) is 4.79 Å². The normalized spacial score (nSPS) is 10.7. The lowest BCUT2D eigenvalue weighted by Gasteiger charge is -2.12. The van der Waals surface area contributed by atoms with Crippen LogP contribution in [-0.4, -0.2) is 26.4 Å². The van der Waals surface area contributed by atoms with E-state index in [-0.39, 0.29) is 18.3 Å².